The van der Waals surface area contributed by atoms with E-state index in [1.165, 1.54) is 0 Å². The van der Waals surface area contributed by atoms with E-state index < -0.39 is 6.17 Å². The number of carbonyl (C=O) groups is 3. The molecule has 4 aliphatic heterocycles. The minimum absolute atomic E-state index is 0.0521. The molecule has 8 nitrogen and oxygen atoms in total. The van der Waals surface area contributed by atoms with Crippen LogP contribution in [0.25, 0.3) is 0 Å². The molecule has 0 radical (unpaired) electrons. The van der Waals surface area contributed by atoms with Crippen molar-refractivity contribution >= 4 is 23.4 Å². The van der Waals surface area contributed by atoms with Crippen LogP contribution in [-0.4, -0.2) is 51.7 Å². The number of likely N-dealkylation sites (tertiary alicyclic amines) is 1. The molecular weight excluding hydrogens is 504 g/mol. The largest absolute Gasteiger partial charge is 0.342 e. The predicted molar refractivity (Wildman–Crippen MR) is 150 cm³/mol. The lowest BCUT2D eigenvalue weighted by Gasteiger charge is -2.42. The number of amides is 3. The van der Waals surface area contributed by atoms with Crippen molar-refractivity contribution in [1.82, 2.24) is 14.4 Å². The van der Waals surface area contributed by atoms with E-state index in [4.69, 9.17) is 0 Å². The van der Waals surface area contributed by atoms with Gasteiger partial charge in [-0.05, 0) is 49.4 Å². The second-order valence-corrected chi connectivity index (χ2v) is 11.5. The van der Waals surface area contributed by atoms with Gasteiger partial charge in [-0.15, -0.1) is 0 Å². The number of unbranched alkanes of at least 4 members (excludes halogenated alkanes) is 2. The van der Waals surface area contributed by atoms with Gasteiger partial charge in [-0.2, -0.15) is 0 Å². The summed E-state index contributed by atoms with van der Waals surface area (Å²) in [7, 11) is 0. The van der Waals surface area contributed by atoms with Crippen LogP contribution in [0.2, 0.25) is 0 Å². The van der Waals surface area contributed by atoms with Gasteiger partial charge in [0.05, 0.1) is 11.3 Å². The van der Waals surface area contributed by atoms with Crippen LogP contribution in [0.15, 0.2) is 71.5 Å². The molecule has 0 spiro atoms. The van der Waals surface area contributed by atoms with Gasteiger partial charge >= 0.3 is 0 Å². The number of hydrogen-bond acceptors (Lipinski definition) is 4. The lowest BCUT2D eigenvalue weighted by Crippen LogP contribution is -2.49. The van der Waals surface area contributed by atoms with E-state index in [2.05, 4.69) is 0 Å². The Bertz CT molecular complexity index is 1580. The molecule has 0 unspecified atom stereocenters. The summed E-state index contributed by atoms with van der Waals surface area (Å²) in [6.07, 6.45) is 3.40. The molecular formula is C32H32N4O4. The van der Waals surface area contributed by atoms with Crippen LogP contribution in [-0.2, 0) is 11.3 Å². The molecule has 204 valence electrons. The van der Waals surface area contributed by atoms with Crippen LogP contribution in [0.3, 0.4) is 0 Å². The van der Waals surface area contributed by atoms with Crippen molar-refractivity contribution in [2.75, 3.05) is 24.5 Å². The smallest absolute Gasteiger partial charge is 0.260 e. The summed E-state index contributed by atoms with van der Waals surface area (Å²) in [5.41, 5.74) is 3.83. The molecule has 2 aromatic carbocycles. The monoisotopic (exact) mass is 536 g/mol. The number of rotatable bonds is 6. The maximum absolute atomic E-state index is 13.6. The van der Waals surface area contributed by atoms with Gasteiger partial charge in [-0.3, -0.25) is 24.1 Å². The molecule has 0 aliphatic carbocycles. The number of fused-ring (bicyclic) bond motifs is 9. The predicted octanol–water partition coefficient (Wildman–Crippen LogP) is 4.17. The first kappa shape index (κ1) is 24.8. The van der Waals surface area contributed by atoms with E-state index in [0.29, 0.717) is 55.3 Å². The summed E-state index contributed by atoms with van der Waals surface area (Å²) >= 11 is 0. The summed E-state index contributed by atoms with van der Waals surface area (Å²) < 4.78 is 1.89. The first-order chi connectivity index (χ1) is 19.5. The molecule has 1 aromatic heterocycles. The normalized spacial score (nSPS) is 22.5. The van der Waals surface area contributed by atoms with Crippen molar-refractivity contribution in [3.05, 3.63) is 99.5 Å². The fraction of sp³-hybridized carbons (Fsp3) is 0.375. The van der Waals surface area contributed by atoms with Crippen molar-refractivity contribution in [2.45, 2.75) is 50.7 Å². The van der Waals surface area contributed by atoms with Gasteiger partial charge in [0.15, 0.2) is 0 Å². The topological polar surface area (TPSA) is 82.9 Å². The van der Waals surface area contributed by atoms with Gasteiger partial charge in [0.25, 0.3) is 17.4 Å². The first-order valence-electron chi connectivity index (χ1n) is 14.3. The minimum Gasteiger partial charge on any atom is -0.342 e. The summed E-state index contributed by atoms with van der Waals surface area (Å²) in [6.45, 7) is 2.59. The summed E-state index contributed by atoms with van der Waals surface area (Å²) in [5, 5.41) is 0. The molecule has 1 fully saturated rings. The fourth-order valence-electron chi connectivity index (χ4n) is 7.19. The average Bonchev–Trinajstić information content (AvgIpc) is 3.27. The number of piperidine rings is 1. The van der Waals surface area contributed by atoms with Gasteiger partial charge in [0.1, 0.15) is 6.17 Å². The van der Waals surface area contributed by atoms with Gasteiger partial charge < -0.3 is 14.4 Å². The Labute approximate surface area is 232 Å². The van der Waals surface area contributed by atoms with Crippen molar-refractivity contribution in [1.29, 1.82) is 0 Å². The summed E-state index contributed by atoms with van der Waals surface area (Å²) in [4.78, 5) is 57.9. The third-order valence-electron chi connectivity index (χ3n) is 9.00. The highest BCUT2D eigenvalue weighted by molar-refractivity contribution is 6.16. The average molecular weight is 537 g/mol. The molecule has 4 aliphatic rings. The Morgan fingerprint density at radius 3 is 2.45 bits per heavy atom. The maximum atomic E-state index is 13.6. The van der Waals surface area contributed by atoms with Crippen LogP contribution in [0, 0.1) is 5.92 Å². The van der Waals surface area contributed by atoms with E-state index in [9.17, 15) is 19.2 Å². The second kappa shape index (κ2) is 9.77. The number of anilines is 1. The Balaban J connectivity index is 0.985. The zero-order chi connectivity index (χ0) is 27.4. The minimum atomic E-state index is -0.434. The van der Waals surface area contributed by atoms with E-state index in [1.54, 1.807) is 17.0 Å². The third kappa shape index (κ3) is 3.96. The van der Waals surface area contributed by atoms with Gasteiger partial charge in [0.2, 0.25) is 5.91 Å². The molecule has 3 aromatic rings. The number of nitrogens with zero attached hydrogens (tertiary/aromatic N) is 4. The van der Waals surface area contributed by atoms with Crippen molar-refractivity contribution in [3.8, 4) is 0 Å². The standard InChI is InChI=1S/C32H32N4O4/c37-28(33-18-21-17-22(20-33)26-13-8-15-29(38)35(26)19-21)14-2-1-7-16-34-30-23-9-3-4-10-24(23)32(40)36(30)27-12-6-5-11-25(27)31(34)39/h3-6,8-13,15,21-22,30H,1-2,7,14,16-20H2/t21-,22+,30+/m1/s1. The Morgan fingerprint density at radius 2 is 1.57 bits per heavy atom. The molecule has 1 saturated heterocycles. The van der Waals surface area contributed by atoms with Crippen molar-refractivity contribution in [2.24, 2.45) is 5.92 Å². The van der Waals surface area contributed by atoms with Crippen LogP contribution in [0.1, 0.15) is 76.2 Å². The molecule has 40 heavy (non-hydrogen) atoms. The molecule has 0 saturated carbocycles. The molecule has 5 heterocycles. The zero-order valence-corrected chi connectivity index (χ0v) is 22.4. The van der Waals surface area contributed by atoms with E-state index in [1.807, 2.05) is 69.0 Å². The Hall–Kier alpha value is -4.20. The van der Waals surface area contributed by atoms with E-state index in [0.717, 1.165) is 36.9 Å². The SMILES string of the molecule is O=C(CCCCCN1C(=O)c2ccccc2N2C(=O)c3ccccc3[C@@H]12)N1C[C@H]2C[C@@H](C1)c1cccc(=O)n1C2. The van der Waals surface area contributed by atoms with E-state index in [-0.39, 0.29) is 29.2 Å². The highest BCUT2D eigenvalue weighted by Crippen LogP contribution is 2.45. The van der Waals surface area contributed by atoms with Crippen molar-refractivity contribution in [3.63, 3.8) is 0 Å². The van der Waals surface area contributed by atoms with Crippen LogP contribution >= 0.6 is 0 Å². The number of benzene rings is 2. The summed E-state index contributed by atoms with van der Waals surface area (Å²) in [6, 6.07) is 20.3. The van der Waals surface area contributed by atoms with Crippen molar-refractivity contribution < 1.29 is 14.4 Å². The van der Waals surface area contributed by atoms with E-state index >= 15 is 0 Å². The van der Waals surface area contributed by atoms with Crippen LogP contribution in [0.5, 0.6) is 0 Å². The molecule has 0 N–H and O–H groups in total. The zero-order valence-electron chi connectivity index (χ0n) is 22.4. The van der Waals surface area contributed by atoms with Crippen LogP contribution in [0.4, 0.5) is 5.69 Å². The number of aromatic nitrogens is 1. The Kier molecular flexibility index (Phi) is 6.06. The van der Waals surface area contributed by atoms with Gasteiger partial charge in [0, 0.05) is 61.4 Å². The number of pyridine rings is 1. The number of carbonyl (C=O) groups excluding carboxylic acids is 3. The second-order valence-electron chi connectivity index (χ2n) is 11.5. The molecule has 3 amide bonds. The molecule has 2 bridgehead atoms. The number of hydrogen-bond donors (Lipinski definition) is 0. The molecule has 7 rings (SSSR count). The number of para-hydroxylation sites is 1. The Morgan fingerprint density at radius 1 is 0.775 bits per heavy atom. The summed E-state index contributed by atoms with van der Waals surface area (Å²) in [5.74, 6) is 0.582. The highest BCUT2D eigenvalue weighted by Gasteiger charge is 2.47. The quantitative estimate of drug-likeness (QED) is 0.443. The van der Waals surface area contributed by atoms with Crippen LogP contribution < -0.4 is 10.5 Å². The lowest BCUT2D eigenvalue weighted by molar-refractivity contribution is -0.134. The van der Waals surface area contributed by atoms with Gasteiger partial charge in [-0.1, -0.05) is 42.8 Å². The lowest BCUT2D eigenvalue weighted by atomic mass is 9.83. The maximum Gasteiger partial charge on any atom is 0.260 e. The fourth-order valence-corrected chi connectivity index (χ4v) is 7.19. The molecule has 3 atom stereocenters. The first-order valence-corrected chi connectivity index (χ1v) is 14.3. The third-order valence-corrected chi connectivity index (χ3v) is 9.00. The highest BCUT2D eigenvalue weighted by atomic mass is 16.2. The van der Waals surface area contributed by atoms with Gasteiger partial charge in [-0.25, -0.2) is 0 Å². The molecule has 8 heteroatoms.